The molecule has 4 N–H and O–H groups in total. The van der Waals surface area contributed by atoms with E-state index in [2.05, 4.69) is 4.98 Å². The van der Waals surface area contributed by atoms with Gasteiger partial charge in [-0.3, -0.25) is 9.78 Å². The monoisotopic (exact) mass is 252 g/mol. The van der Waals surface area contributed by atoms with Crippen LogP contribution in [0.4, 0.5) is 5.69 Å². The summed E-state index contributed by atoms with van der Waals surface area (Å²) in [6.07, 6.45) is 2.17. The summed E-state index contributed by atoms with van der Waals surface area (Å²) in [5, 5.41) is 0. The lowest BCUT2D eigenvalue weighted by Gasteiger charge is -2.26. The zero-order valence-electron chi connectivity index (χ0n) is 9.88. The van der Waals surface area contributed by atoms with Gasteiger partial charge < -0.3 is 16.4 Å². The number of rotatable bonds is 5. The fourth-order valence-corrected chi connectivity index (χ4v) is 1.70. The highest BCUT2D eigenvalue weighted by Crippen LogP contribution is 2.16. The topological polar surface area (TPSA) is 85.2 Å². The van der Waals surface area contributed by atoms with Gasteiger partial charge in [-0.1, -0.05) is 12.2 Å². The van der Waals surface area contributed by atoms with Crippen LogP contribution in [0.1, 0.15) is 23.8 Å². The van der Waals surface area contributed by atoms with Crippen molar-refractivity contribution in [1.29, 1.82) is 0 Å². The van der Waals surface area contributed by atoms with E-state index < -0.39 is 5.91 Å². The number of hydrogen-bond donors (Lipinski definition) is 2. The van der Waals surface area contributed by atoms with Gasteiger partial charge in [0.05, 0.1) is 4.99 Å². The smallest absolute Gasteiger partial charge is 0.267 e. The lowest BCUT2D eigenvalue weighted by atomic mass is 10.2. The minimum atomic E-state index is -0.540. The summed E-state index contributed by atoms with van der Waals surface area (Å²) in [6, 6.07) is 3.61. The molecular formula is C11H16N4OS. The number of nitrogens with two attached hydrogens (primary N) is 2. The number of anilines is 1. The maximum Gasteiger partial charge on any atom is 0.267 e. The first-order valence-corrected chi connectivity index (χ1v) is 5.59. The Morgan fingerprint density at radius 3 is 2.76 bits per heavy atom. The Balaban J connectivity index is 2.88. The molecule has 0 aliphatic rings. The highest BCUT2D eigenvalue weighted by molar-refractivity contribution is 7.80. The van der Waals surface area contributed by atoms with Gasteiger partial charge in [0.25, 0.3) is 5.91 Å². The first kappa shape index (κ1) is 13.4. The van der Waals surface area contributed by atoms with E-state index in [-0.39, 0.29) is 11.7 Å². The first-order chi connectivity index (χ1) is 7.91. The molecule has 5 nitrogen and oxygen atoms in total. The number of thiocarbonyl (C=S) groups is 1. The molecule has 0 saturated carbocycles. The van der Waals surface area contributed by atoms with E-state index in [0.29, 0.717) is 11.4 Å². The van der Waals surface area contributed by atoms with E-state index in [9.17, 15) is 4.79 Å². The third-order valence-electron chi connectivity index (χ3n) is 2.56. The van der Waals surface area contributed by atoms with E-state index >= 15 is 0 Å². The third-order valence-corrected chi connectivity index (χ3v) is 2.73. The standard InChI is InChI=1S/C11H16N4OS/c1-7(5-10(12)17)15(2)8-3-4-14-9(6-8)11(13)16/h3-4,6-7H,5H2,1-2H3,(H2,12,17)(H2,13,16). The quantitative estimate of drug-likeness (QED) is 0.753. The number of aromatic nitrogens is 1. The van der Waals surface area contributed by atoms with Crippen molar-refractivity contribution in [3.63, 3.8) is 0 Å². The lowest BCUT2D eigenvalue weighted by molar-refractivity contribution is 0.0995. The second kappa shape index (κ2) is 5.58. The van der Waals surface area contributed by atoms with Crippen molar-refractivity contribution in [3.8, 4) is 0 Å². The molecule has 0 saturated heterocycles. The van der Waals surface area contributed by atoms with Crippen molar-refractivity contribution in [2.45, 2.75) is 19.4 Å². The van der Waals surface area contributed by atoms with Crippen LogP contribution in [0, 0.1) is 0 Å². The molecule has 1 amide bonds. The van der Waals surface area contributed by atoms with E-state index in [1.807, 2.05) is 24.9 Å². The van der Waals surface area contributed by atoms with Crippen molar-refractivity contribution in [3.05, 3.63) is 24.0 Å². The lowest BCUT2D eigenvalue weighted by Crippen LogP contribution is -2.32. The molecule has 1 atom stereocenters. The van der Waals surface area contributed by atoms with Gasteiger partial charge in [0.2, 0.25) is 0 Å². The maximum atomic E-state index is 11.0. The van der Waals surface area contributed by atoms with E-state index in [0.717, 1.165) is 5.69 Å². The average molecular weight is 252 g/mol. The van der Waals surface area contributed by atoms with Gasteiger partial charge in [-0.05, 0) is 19.1 Å². The molecule has 1 aromatic heterocycles. The highest BCUT2D eigenvalue weighted by Gasteiger charge is 2.12. The predicted molar refractivity (Wildman–Crippen MR) is 72.0 cm³/mol. The van der Waals surface area contributed by atoms with Crippen molar-refractivity contribution in [2.75, 3.05) is 11.9 Å². The fraction of sp³-hybridized carbons (Fsp3) is 0.364. The number of pyridine rings is 1. The Hall–Kier alpha value is -1.69. The second-order valence-corrected chi connectivity index (χ2v) is 4.42. The summed E-state index contributed by atoms with van der Waals surface area (Å²) < 4.78 is 0. The Labute approximate surface area is 106 Å². The number of carbonyl (C=O) groups is 1. The molecule has 17 heavy (non-hydrogen) atoms. The van der Waals surface area contributed by atoms with Crippen molar-refractivity contribution < 1.29 is 4.79 Å². The highest BCUT2D eigenvalue weighted by atomic mass is 32.1. The molecule has 1 rings (SSSR count). The van der Waals surface area contributed by atoms with Crippen LogP contribution < -0.4 is 16.4 Å². The molecule has 92 valence electrons. The number of amides is 1. The van der Waals surface area contributed by atoms with Crippen LogP contribution in [0.2, 0.25) is 0 Å². The summed E-state index contributed by atoms with van der Waals surface area (Å²) in [5.74, 6) is -0.540. The molecule has 0 aliphatic carbocycles. The summed E-state index contributed by atoms with van der Waals surface area (Å²) in [4.78, 5) is 17.4. The SMILES string of the molecule is CC(CC(N)=S)N(C)c1ccnc(C(N)=O)c1. The number of carbonyl (C=O) groups excluding carboxylic acids is 1. The fourth-order valence-electron chi connectivity index (χ4n) is 1.46. The molecule has 0 bridgehead atoms. The Kier molecular flexibility index (Phi) is 4.39. The number of hydrogen-bond acceptors (Lipinski definition) is 4. The van der Waals surface area contributed by atoms with Gasteiger partial charge >= 0.3 is 0 Å². The van der Waals surface area contributed by atoms with Crippen LogP contribution >= 0.6 is 12.2 Å². The average Bonchev–Trinajstić information content (AvgIpc) is 2.27. The van der Waals surface area contributed by atoms with Crippen molar-refractivity contribution in [2.24, 2.45) is 11.5 Å². The van der Waals surface area contributed by atoms with Crippen LogP contribution in [0.25, 0.3) is 0 Å². The summed E-state index contributed by atoms with van der Waals surface area (Å²) in [6.45, 7) is 2.00. The van der Waals surface area contributed by atoms with E-state index in [4.69, 9.17) is 23.7 Å². The third kappa shape index (κ3) is 3.67. The van der Waals surface area contributed by atoms with Crippen molar-refractivity contribution >= 4 is 28.8 Å². The normalized spacial score (nSPS) is 11.9. The van der Waals surface area contributed by atoms with Gasteiger partial charge in [0, 0.05) is 31.4 Å². The molecule has 1 unspecified atom stereocenters. The largest absolute Gasteiger partial charge is 0.393 e. The summed E-state index contributed by atoms with van der Waals surface area (Å²) in [7, 11) is 1.91. The van der Waals surface area contributed by atoms with Gasteiger partial charge in [0.1, 0.15) is 5.69 Å². The Morgan fingerprint density at radius 1 is 1.59 bits per heavy atom. The predicted octanol–water partition coefficient (Wildman–Crippen LogP) is 0.681. The number of nitrogens with zero attached hydrogens (tertiary/aromatic N) is 2. The summed E-state index contributed by atoms with van der Waals surface area (Å²) in [5.41, 5.74) is 11.8. The van der Waals surface area contributed by atoms with Crippen LogP contribution in [-0.2, 0) is 0 Å². The molecule has 6 heteroatoms. The number of primary amides is 1. The van der Waals surface area contributed by atoms with Gasteiger partial charge in [-0.15, -0.1) is 0 Å². The zero-order chi connectivity index (χ0) is 13.0. The molecule has 1 aromatic rings. The maximum absolute atomic E-state index is 11.0. The van der Waals surface area contributed by atoms with Crippen LogP contribution in [0.5, 0.6) is 0 Å². The zero-order valence-corrected chi connectivity index (χ0v) is 10.7. The molecule has 0 radical (unpaired) electrons. The second-order valence-electron chi connectivity index (χ2n) is 3.89. The Bertz CT molecular complexity index is 435. The molecule has 0 spiro atoms. The molecule has 0 aliphatic heterocycles. The molecular weight excluding hydrogens is 236 g/mol. The van der Waals surface area contributed by atoms with Crippen LogP contribution in [-0.4, -0.2) is 29.0 Å². The molecule has 0 aromatic carbocycles. The summed E-state index contributed by atoms with van der Waals surface area (Å²) >= 11 is 4.87. The van der Waals surface area contributed by atoms with E-state index in [1.54, 1.807) is 12.3 Å². The van der Waals surface area contributed by atoms with Crippen LogP contribution in [0.15, 0.2) is 18.3 Å². The minimum Gasteiger partial charge on any atom is -0.393 e. The Morgan fingerprint density at radius 2 is 2.24 bits per heavy atom. The van der Waals surface area contributed by atoms with Crippen molar-refractivity contribution in [1.82, 2.24) is 4.98 Å². The van der Waals surface area contributed by atoms with Gasteiger partial charge in [-0.2, -0.15) is 0 Å². The van der Waals surface area contributed by atoms with Crippen LogP contribution in [0.3, 0.4) is 0 Å². The molecule has 1 heterocycles. The van der Waals surface area contributed by atoms with Gasteiger partial charge in [-0.25, -0.2) is 0 Å². The first-order valence-electron chi connectivity index (χ1n) is 5.18. The van der Waals surface area contributed by atoms with E-state index in [1.165, 1.54) is 0 Å². The van der Waals surface area contributed by atoms with Gasteiger partial charge in [0.15, 0.2) is 0 Å². The minimum absolute atomic E-state index is 0.149. The molecule has 0 fully saturated rings.